The number of carboxylic acid groups (broad SMARTS) is 3. The van der Waals surface area contributed by atoms with Gasteiger partial charge in [-0.05, 0) is 0 Å². The van der Waals surface area contributed by atoms with Crippen LogP contribution in [0.15, 0.2) is 42.0 Å². The Kier molecular flexibility index (Phi) is 11.8. The van der Waals surface area contributed by atoms with Crippen LogP contribution in [0.4, 0.5) is 5.69 Å². The van der Waals surface area contributed by atoms with Gasteiger partial charge >= 0.3 is 288 Å². The maximum atomic E-state index is 13.7. The number of unbranched alkanes of at least 4 members (excludes halogenated alkanes) is 1. The topological polar surface area (TPSA) is 256 Å². The molecule has 1 saturated heterocycles. The number of oxazole rings is 1. The Morgan fingerprint density at radius 3 is 2.27 bits per heavy atom. The number of aliphatic carboxylic acids is 3. The molecule has 1 aromatic carbocycles. The number of thiazole rings is 1. The van der Waals surface area contributed by atoms with Crippen LogP contribution in [-0.4, -0.2) is 117 Å². The van der Waals surface area contributed by atoms with E-state index in [4.69, 9.17) is 25.9 Å². The molecule has 0 spiro atoms. The summed E-state index contributed by atoms with van der Waals surface area (Å²) >= 11 is 5.24. The normalized spacial score (nSPS) is 17.3. The number of anilines is 1. The van der Waals surface area contributed by atoms with Gasteiger partial charge in [0.05, 0.1) is 0 Å². The number of allylic oxidation sites excluding steroid dienone is 1. The number of ether oxygens (including phenoxy) is 1. The number of benzene rings is 1. The first-order valence-electron chi connectivity index (χ1n) is 14.7. The second-order valence-electron chi connectivity index (χ2n) is 10.8. The molecule has 52 heavy (non-hydrogen) atoms. The summed E-state index contributed by atoms with van der Waals surface area (Å²) in [6.45, 7) is -2.34. The van der Waals surface area contributed by atoms with Crippen LogP contribution >= 0.6 is 35.3 Å². The molecule has 1 fully saturated rings. The summed E-state index contributed by atoms with van der Waals surface area (Å²) in [5.74, 6) is -5.06. The number of rotatable bonds is 13. The first-order chi connectivity index (χ1) is 24.5. The van der Waals surface area contributed by atoms with Crippen molar-refractivity contribution in [3.8, 4) is 5.75 Å². The fourth-order valence-electron chi connectivity index (χ4n) is 5.04. The molecule has 0 radical (unpaired) electrons. The summed E-state index contributed by atoms with van der Waals surface area (Å²) in [6, 6.07) is 5.49. The predicted molar refractivity (Wildman–Crippen MR) is 191 cm³/mol. The summed E-state index contributed by atoms with van der Waals surface area (Å²) in [4.78, 5) is 77.7. The molecular formula is C29H26N4O14S4Te. The molecule has 0 unspecified atom stereocenters. The third kappa shape index (κ3) is 8.52. The van der Waals surface area contributed by atoms with E-state index in [1.54, 1.807) is 12.1 Å². The van der Waals surface area contributed by atoms with E-state index < -0.39 is 101 Å². The number of thioether (sulfide) groups is 1. The van der Waals surface area contributed by atoms with Crippen LogP contribution in [0.5, 0.6) is 5.75 Å². The molecule has 0 bridgehead atoms. The molecule has 2 aromatic heterocycles. The number of carbonyl (C=O) groups is 4. The van der Waals surface area contributed by atoms with E-state index >= 15 is 0 Å². The van der Waals surface area contributed by atoms with Crippen LogP contribution in [0.25, 0.3) is 11.0 Å². The Morgan fingerprint density at radius 1 is 0.962 bits per heavy atom. The zero-order valence-electron chi connectivity index (χ0n) is 26.5. The van der Waals surface area contributed by atoms with Crippen LogP contribution < -0.4 is 34.4 Å². The quantitative estimate of drug-likeness (QED) is 0.0647. The number of nitrogens with zero attached hydrogens (tertiary/aromatic N) is 4. The average Bonchev–Trinajstić information content (AvgIpc) is 3.75. The van der Waals surface area contributed by atoms with E-state index in [0.717, 1.165) is 17.9 Å². The summed E-state index contributed by atoms with van der Waals surface area (Å²) in [6.07, 6.45) is 3.44. The molecule has 276 valence electrons. The Balaban J connectivity index is 1.70. The number of aromatic nitrogens is 2. The van der Waals surface area contributed by atoms with Crippen LogP contribution in [0.1, 0.15) is 12.8 Å². The Bertz CT molecular complexity index is 2520. The number of methoxy groups -OCH3 is 1. The van der Waals surface area contributed by atoms with Crippen LogP contribution in [0.3, 0.4) is 0 Å². The van der Waals surface area contributed by atoms with Crippen molar-refractivity contribution in [1.29, 1.82) is 0 Å². The van der Waals surface area contributed by atoms with Crippen molar-refractivity contribution in [2.75, 3.05) is 30.9 Å². The number of thiocarbonyl (C=S) groups is 1. The number of hydrogen-bond donors (Lipinski definition) is 4. The van der Waals surface area contributed by atoms with Gasteiger partial charge in [-0.15, -0.1) is 0 Å². The van der Waals surface area contributed by atoms with Crippen molar-refractivity contribution in [2.45, 2.75) is 25.9 Å². The first-order valence-corrected chi connectivity index (χ1v) is 20.6. The van der Waals surface area contributed by atoms with E-state index in [9.17, 15) is 52.5 Å². The van der Waals surface area contributed by atoms with E-state index in [1.807, 2.05) is 17.0 Å². The molecule has 5 rings (SSSR count). The van der Waals surface area contributed by atoms with Gasteiger partial charge in [-0.2, -0.15) is 0 Å². The number of hydrogen-bond acceptors (Lipinski definition) is 14. The molecule has 3 aromatic rings. The number of carbonyl (C=O) groups excluding carboxylic acids is 1. The van der Waals surface area contributed by atoms with Gasteiger partial charge in [-0.3, -0.25) is 4.79 Å². The van der Waals surface area contributed by atoms with Crippen molar-refractivity contribution in [2.24, 2.45) is 0 Å². The first kappa shape index (κ1) is 39.0. The van der Waals surface area contributed by atoms with Crippen molar-refractivity contribution >= 4 is 115 Å². The van der Waals surface area contributed by atoms with Gasteiger partial charge in [-0.25, -0.2) is 0 Å². The van der Waals surface area contributed by atoms with Gasteiger partial charge < -0.3 is 5.11 Å². The van der Waals surface area contributed by atoms with E-state index in [2.05, 4.69) is 0 Å². The van der Waals surface area contributed by atoms with Crippen molar-refractivity contribution < 1.29 is 56.6 Å². The monoisotopic (exact) mass is 912 g/mol. The van der Waals surface area contributed by atoms with E-state index in [0.29, 0.717) is 50.9 Å². The second-order valence-corrected chi connectivity index (χ2v) is 18.1. The fourth-order valence-corrected chi connectivity index (χ4v) is 11.2. The van der Waals surface area contributed by atoms with Crippen LogP contribution in [0, 0.1) is 10.1 Å². The average molecular weight is 910 g/mol. The molecule has 2 aliphatic heterocycles. The Morgan fingerprint density at radius 2 is 1.63 bits per heavy atom. The zero-order valence-corrected chi connectivity index (χ0v) is 32.1. The number of fused-ring (bicyclic) bond motifs is 1. The molecule has 2 aliphatic rings. The molecule has 1 amide bonds. The molecule has 4 N–H and O–H groups in total. The van der Waals surface area contributed by atoms with Gasteiger partial charge in [0.1, 0.15) is 6.54 Å². The maximum absolute atomic E-state index is 13.7. The van der Waals surface area contributed by atoms with Crippen molar-refractivity contribution in [1.82, 2.24) is 14.0 Å². The van der Waals surface area contributed by atoms with Crippen LogP contribution in [-0.2, 0) is 42.4 Å². The fraction of sp³-hybridized carbons (Fsp3) is 0.276. The summed E-state index contributed by atoms with van der Waals surface area (Å²) in [5.41, 5.74) is -2.04. The molecule has 0 aliphatic carbocycles. The SMILES string of the molecule is COc1ccc2c(c1)N(CCCCS(=O)(=O)O)C(=CC=c1o/c(=c3/s/c(=C4/SC(=S)N(CC(=O)O)C4=O)n(CC(=O)O)c3=O)n(CC(=O)O)c1=O)[Te]2. The van der Waals surface area contributed by atoms with Gasteiger partial charge in [0.2, 0.25) is 0 Å². The van der Waals surface area contributed by atoms with E-state index in [1.165, 1.54) is 13.2 Å². The molecule has 0 saturated carbocycles. The number of amides is 1. The Hall–Kier alpha value is -4.24. The predicted octanol–water partition coefficient (Wildman–Crippen LogP) is -1.68. The minimum atomic E-state index is -4.16. The second kappa shape index (κ2) is 15.8. The van der Waals surface area contributed by atoms with Gasteiger partial charge in [0.25, 0.3) is 0 Å². The summed E-state index contributed by atoms with van der Waals surface area (Å²) in [7, 11) is -2.66. The third-order valence-electron chi connectivity index (χ3n) is 7.26. The standard InChI is InChI=1S/C29H26N4O14S4Te/c1-46-14-4-6-17-15(10-14)30(8-2-3-9-51(43,44)45)18(52-17)7-5-16-24(40)31(11-19(34)35)27(47-16)22-25(41)32(12-20(36)37)28(49-22)23-26(42)33(13-21(38)39)29(48)50-23/h4-7,10H,2-3,8-9,11-13H2,1H3,(H,34,35)(H,36,37)(H,38,39)(H,43,44,45)/b16-5?,18-7?,27-22+,28-23+. The van der Waals surface area contributed by atoms with Gasteiger partial charge in [0, 0.05) is 0 Å². The Labute approximate surface area is 315 Å². The molecule has 0 atom stereocenters. The molecule has 4 heterocycles. The van der Waals surface area contributed by atoms with Gasteiger partial charge in [-0.1, -0.05) is 12.2 Å². The minimum absolute atomic E-state index is 0.152. The van der Waals surface area contributed by atoms with Crippen LogP contribution in [0.2, 0.25) is 0 Å². The molecule has 23 heteroatoms. The van der Waals surface area contributed by atoms with Gasteiger partial charge in [0.15, 0.2) is 0 Å². The molecular weight excluding hydrogens is 884 g/mol. The summed E-state index contributed by atoms with van der Waals surface area (Å²) < 4.78 is 45.2. The van der Waals surface area contributed by atoms with Crippen molar-refractivity contribution in [3.05, 3.63) is 68.9 Å². The number of carboxylic acids is 3. The zero-order chi connectivity index (χ0) is 38.1. The van der Waals surface area contributed by atoms with E-state index in [-0.39, 0.29) is 25.7 Å². The molecule has 18 nitrogen and oxygen atoms in total. The summed E-state index contributed by atoms with van der Waals surface area (Å²) in [5, 5.41) is 28.4. The van der Waals surface area contributed by atoms with Crippen molar-refractivity contribution in [3.63, 3.8) is 0 Å². The third-order valence-corrected chi connectivity index (χ3v) is 14.0.